The maximum Gasteiger partial charge on any atom is 0.221 e. The average molecular weight is 283 g/mol. The number of hydrogen-bond donors (Lipinski definition) is 0. The summed E-state index contributed by atoms with van der Waals surface area (Å²) in [4.78, 5) is 8.84. The molecule has 1 saturated carbocycles. The Bertz CT molecular complexity index is 415. The molecular formula is C15H23ClN2O. The van der Waals surface area contributed by atoms with Crippen molar-refractivity contribution in [3.05, 3.63) is 16.5 Å². The van der Waals surface area contributed by atoms with Gasteiger partial charge in [-0.2, -0.15) is 4.98 Å². The molecule has 19 heavy (non-hydrogen) atoms. The van der Waals surface area contributed by atoms with Gasteiger partial charge in [-0.05, 0) is 39.0 Å². The predicted octanol–water partition coefficient (Wildman–Crippen LogP) is 4.49. The van der Waals surface area contributed by atoms with Gasteiger partial charge in [0.15, 0.2) is 0 Å². The van der Waals surface area contributed by atoms with E-state index in [1.165, 1.54) is 25.7 Å². The van der Waals surface area contributed by atoms with Crippen molar-refractivity contribution in [2.75, 3.05) is 0 Å². The highest BCUT2D eigenvalue weighted by Crippen LogP contribution is 2.27. The SMILES string of the molecule is CCCc1nc(Cl)c(C)c(OC2CCCCCC2)n1. The summed E-state index contributed by atoms with van der Waals surface area (Å²) in [6, 6.07) is 0. The monoisotopic (exact) mass is 282 g/mol. The van der Waals surface area contributed by atoms with E-state index in [1.807, 2.05) is 6.92 Å². The standard InChI is InChI=1S/C15H23ClN2O/c1-3-8-13-17-14(16)11(2)15(18-13)19-12-9-6-4-5-7-10-12/h12H,3-10H2,1-2H3. The fourth-order valence-corrected chi connectivity index (χ4v) is 2.66. The fourth-order valence-electron chi connectivity index (χ4n) is 2.48. The molecule has 0 aromatic carbocycles. The van der Waals surface area contributed by atoms with E-state index in [9.17, 15) is 0 Å². The normalized spacial score (nSPS) is 17.2. The van der Waals surface area contributed by atoms with Gasteiger partial charge in [-0.15, -0.1) is 0 Å². The van der Waals surface area contributed by atoms with Gasteiger partial charge < -0.3 is 4.74 Å². The Labute approximate surface area is 120 Å². The Hall–Kier alpha value is -0.830. The first-order valence-corrected chi connectivity index (χ1v) is 7.78. The molecule has 0 N–H and O–H groups in total. The van der Waals surface area contributed by atoms with E-state index >= 15 is 0 Å². The van der Waals surface area contributed by atoms with Crippen molar-refractivity contribution in [1.29, 1.82) is 0 Å². The van der Waals surface area contributed by atoms with E-state index in [2.05, 4.69) is 16.9 Å². The molecule has 1 fully saturated rings. The van der Waals surface area contributed by atoms with Crippen molar-refractivity contribution in [1.82, 2.24) is 9.97 Å². The lowest BCUT2D eigenvalue weighted by Crippen LogP contribution is -2.17. The zero-order valence-electron chi connectivity index (χ0n) is 11.9. The zero-order chi connectivity index (χ0) is 13.7. The molecule has 1 aliphatic rings. The number of aromatic nitrogens is 2. The van der Waals surface area contributed by atoms with E-state index in [0.29, 0.717) is 17.1 Å². The molecule has 0 saturated heterocycles. The molecule has 0 unspecified atom stereocenters. The second-order valence-electron chi connectivity index (χ2n) is 5.34. The van der Waals surface area contributed by atoms with E-state index in [4.69, 9.17) is 16.3 Å². The molecule has 0 spiro atoms. The quantitative estimate of drug-likeness (QED) is 0.603. The van der Waals surface area contributed by atoms with Crippen molar-refractivity contribution < 1.29 is 4.74 Å². The second-order valence-corrected chi connectivity index (χ2v) is 5.70. The lowest BCUT2D eigenvalue weighted by Gasteiger charge is -2.18. The molecule has 0 amide bonds. The Kier molecular flexibility index (Phi) is 5.44. The first kappa shape index (κ1) is 14.6. The predicted molar refractivity (Wildman–Crippen MR) is 77.9 cm³/mol. The number of halogens is 1. The van der Waals surface area contributed by atoms with Crippen molar-refractivity contribution in [2.24, 2.45) is 0 Å². The zero-order valence-corrected chi connectivity index (χ0v) is 12.7. The Balaban J connectivity index is 2.13. The summed E-state index contributed by atoms with van der Waals surface area (Å²) in [5.74, 6) is 1.48. The highest BCUT2D eigenvalue weighted by atomic mass is 35.5. The molecule has 1 heterocycles. The van der Waals surface area contributed by atoms with Gasteiger partial charge in [-0.1, -0.05) is 31.4 Å². The third-order valence-electron chi connectivity index (χ3n) is 3.64. The minimum absolute atomic E-state index is 0.293. The van der Waals surface area contributed by atoms with Crippen LogP contribution < -0.4 is 4.74 Å². The molecule has 2 rings (SSSR count). The molecule has 1 aromatic rings. The Morgan fingerprint density at radius 3 is 2.47 bits per heavy atom. The van der Waals surface area contributed by atoms with Crippen molar-refractivity contribution >= 4 is 11.6 Å². The summed E-state index contributed by atoms with van der Waals surface area (Å²) in [6.07, 6.45) is 9.57. The molecule has 3 nitrogen and oxygen atoms in total. The van der Waals surface area contributed by atoms with Crippen molar-refractivity contribution in [3.63, 3.8) is 0 Å². The largest absolute Gasteiger partial charge is 0.474 e. The Morgan fingerprint density at radius 1 is 1.16 bits per heavy atom. The third kappa shape index (κ3) is 4.07. The lowest BCUT2D eigenvalue weighted by atomic mass is 10.1. The summed E-state index contributed by atoms with van der Waals surface area (Å²) in [6.45, 7) is 4.05. The van der Waals surface area contributed by atoms with E-state index in [1.54, 1.807) is 0 Å². The van der Waals surface area contributed by atoms with Crippen LogP contribution in [0.1, 0.15) is 63.3 Å². The molecule has 1 aromatic heterocycles. The number of aryl methyl sites for hydroxylation is 1. The molecule has 4 heteroatoms. The van der Waals surface area contributed by atoms with Gasteiger partial charge in [-0.25, -0.2) is 4.98 Å². The highest BCUT2D eigenvalue weighted by Gasteiger charge is 2.17. The summed E-state index contributed by atoms with van der Waals surface area (Å²) >= 11 is 6.17. The summed E-state index contributed by atoms with van der Waals surface area (Å²) in [5.41, 5.74) is 0.866. The van der Waals surface area contributed by atoms with Gasteiger partial charge >= 0.3 is 0 Å². The minimum Gasteiger partial charge on any atom is -0.474 e. The van der Waals surface area contributed by atoms with Crippen LogP contribution in [-0.2, 0) is 6.42 Å². The van der Waals surface area contributed by atoms with Crippen LogP contribution in [0.5, 0.6) is 5.88 Å². The lowest BCUT2D eigenvalue weighted by molar-refractivity contribution is 0.174. The molecule has 0 radical (unpaired) electrons. The van der Waals surface area contributed by atoms with Crippen LogP contribution in [0.3, 0.4) is 0 Å². The third-order valence-corrected chi connectivity index (χ3v) is 4.01. The van der Waals surface area contributed by atoms with Crippen LogP contribution >= 0.6 is 11.6 Å². The second kappa shape index (κ2) is 7.09. The van der Waals surface area contributed by atoms with Crippen LogP contribution in [-0.4, -0.2) is 16.1 Å². The summed E-state index contributed by atoms with van der Waals surface area (Å²) in [7, 11) is 0. The van der Waals surface area contributed by atoms with Crippen LogP contribution in [0, 0.1) is 6.92 Å². The number of hydrogen-bond acceptors (Lipinski definition) is 3. The van der Waals surface area contributed by atoms with Crippen molar-refractivity contribution in [2.45, 2.75) is 71.3 Å². The molecular weight excluding hydrogens is 260 g/mol. The van der Waals surface area contributed by atoms with Crippen molar-refractivity contribution in [3.8, 4) is 5.88 Å². The van der Waals surface area contributed by atoms with Gasteiger partial charge in [0.2, 0.25) is 5.88 Å². The number of ether oxygens (including phenoxy) is 1. The Morgan fingerprint density at radius 2 is 1.84 bits per heavy atom. The minimum atomic E-state index is 0.293. The first-order chi connectivity index (χ1) is 9.20. The molecule has 0 aliphatic heterocycles. The number of rotatable bonds is 4. The first-order valence-electron chi connectivity index (χ1n) is 7.40. The number of nitrogens with zero attached hydrogens (tertiary/aromatic N) is 2. The van der Waals surface area contributed by atoms with E-state index < -0.39 is 0 Å². The van der Waals surface area contributed by atoms with E-state index in [0.717, 1.165) is 37.1 Å². The maximum atomic E-state index is 6.17. The van der Waals surface area contributed by atoms with Gasteiger partial charge in [0.25, 0.3) is 0 Å². The maximum absolute atomic E-state index is 6.17. The highest BCUT2D eigenvalue weighted by molar-refractivity contribution is 6.30. The van der Waals surface area contributed by atoms with Gasteiger partial charge in [0.05, 0.1) is 0 Å². The topological polar surface area (TPSA) is 35.0 Å². The summed E-state index contributed by atoms with van der Waals surface area (Å²) in [5, 5.41) is 0.530. The molecule has 0 bridgehead atoms. The molecule has 0 atom stereocenters. The smallest absolute Gasteiger partial charge is 0.221 e. The van der Waals surface area contributed by atoms with Gasteiger partial charge in [-0.3, -0.25) is 0 Å². The van der Waals surface area contributed by atoms with E-state index in [-0.39, 0.29) is 0 Å². The van der Waals surface area contributed by atoms with Gasteiger partial charge in [0, 0.05) is 12.0 Å². The molecule has 1 aliphatic carbocycles. The molecule has 106 valence electrons. The van der Waals surface area contributed by atoms with Gasteiger partial charge in [0.1, 0.15) is 17.1 Å². The van der Waals surface area contributed by atoms with Crippen LogP contribution in [0.15, 0.2) is 0 Å². The average Bonchev–Trinajstić information content (AvgIpc) is 2.64. The summed E-state index contributed by atoms with van der Waals surface area (Å²) < 4.78 is 6.10. The fraction of sp³-hybridized carbons (Fsp3) is 0.733. The van der Waals surface area contributed by atoms with Crippen LogP contribution in [0.4, 0.5) is 0 Å². The van der Waals surface area contributed by atoms with Crippen LogP contribution in [0.2, 0.25) is 5.15 Å². The van der Waals surface area contributed by atoms with Crippen LogP contribution in [0.25, 0.3) is 0 Å².